The highest BCUT2D eigenvalue weighted by molar-refractivity contribution is 8.01. The number of nitrogens with one attached hydrogen (secondary N) is 1. The van der Waals surface area contributed by atoms with E-state index in [2.05, 4.69) is 0 Å². The van der Waals surface area contributed by atoms with Crippen LogP contribution < -0.4 is 15.1 Å². The Bertz CT molecular complexity index is 915. The van der Waals surface area contributed by atoms with Gasteiger partial charge in [0, 0.05) is 4.90 Å². The van der Waals surface area contributed by atoms with Crippen LogP contribution in [0.25, 0.3) is 0 Å². The van der Waals surface area contributed by atoms with Gasteiger partial charge in [-0.3, -0.25) is 14.8 Å². The first-order valence-electron chi connectivity index (χ1n) is 8.34. The minimum atomic E-state index is -1.08. The Labute approximate surface area is 165 Å². The van der Waals surface area contributed by atoms with Crippen molar-refractivity contribution in [2.45, 2.75) is 16.6 Å². The van der Waals surface area contributed by atoms with Crippen molar-refractivity contribution in [1.82, 2.24) is 5.48 Å². The van der Waals surface area contributed by atoms with Gasteiger partial charge in [0.1, 0.15) is 12.3 Å². The zero-order chi connectivity index (χ0) is 20.3. The zero-order valence-corrected chi connectivity index (χ0v) is 15.7. The number of thioether (sulfide) groups is 1. The minimum Gasteiger partial charge on any atom is -0.497 e. The maximum atomic E-state index is 13.0. The van der Waals surface area contributed by atoms with E-state index >= 15 is 0 Å². The summed E-state index contributed by atoms with van der Waals surface area (Å²) in [5, 5.41) is 17.5. The number of rotatable bonds is 6. The molecule has 1 aliphatic rings. The van der Waals surface area contributed by atoms with Crippen molar-refractivity contribution in [1.29, 1.82) is 0 Å². The van der Waals surface area contributed by atoms with Crippen LogP contribution in [0.15, 0.2) is 47.4 Å². The average molecular weight is 402 g/mol. The van der Waals surface area contributed by atoms with Crippen LogP contribution in [-0.2, 0) is 16.0 Å². The molecule has 3 rings (SSSR count). The summed E-state index contributed by atoms with van der Waals surface area (Å²) < 4.78 is 5.13. The van der Waals surface area contributed by atoms with E-state index < -0.39 is 17.1 Å². The first kappa shape index (κ1) is 19.7. The molecule has 9 heteroatoms. The molecule has 0 radical (unpaired) electrons. The lowest BCUT2D eigenvalue weighted by Crippen LogP contribution is -2.46. The zero-order valence-electron chi connectivity index (χ0n) is 14.9. The number of fused-ring (bicyclic) bond motifs is 1. The molecular weight excluding hydrogens is 384 g/mol. The molecule has 3 N–H and O–H groups in total. The second kappa shape index (κ2) is 8.32. The molecule has 0 saturated heterocycles. The Balaban J connectivity index is 1.93. The normalized spacial score (nSPS) is 15.7. The lowest BCUT2D eigenvalue weighted by Gasteiger charge is -2.33. The number of carboxylic acids is 1. The van der Waals surface area contributed by atoms with Crippen LogP contribution in [0.3, 0.4) is 0 Å². The summed E-state index contributed by atoms with van der Waals surface area (Å²) in [6, 6.07) is 11.6. The quantitative estimate of drug-likeness (QED) is 0.499. The summed E-state index contributed by atoms with van der Waals surface area (Å²) in [6.07, 6.45) is 0.390. The number of hydroxylamine groups is 1. The van der Waals surface area contributed by atoms with E-state index in [9.17, 15) is 19.5 Å². The monoisotopic (exact) mass is 402 g/mol. The number of carbonyl (C=O) groups is 3. The Hall–Kier alpha value is -3.04. The highest BCUT2D eigenvalue weighted by Crippen LogP contribution is 2.41. The average Bonchev–Trinajstić information content (AvgIpc) is 2.70. The Morgan fingerprint density at radius 2 is 1.93 bits per heavy atom. The lowest BCUT2D eigenvalue weighted by molar-refractivity contribution is -0.129. The molecule has 0 aromatic heterocycles. The topological polar surface area (TPSA) is 116 Å². The molecule has 2 aromatic carbocycles. The Kier molecular flexibility index (Phi) is 5.86. The van der Waals surface area contributed by atoms with Gasteiger partial charge in [0.05, 0.1) is 23.6 Å². The number of hydrogen-bond donors (Lipinski definition) is 3. The van der Waals surface area contributed by atoms with Crippen molar-refractivity contribution in [3.63, 3.8) is 0 Å². The van der Waals surface area contributed by atoms with Crippen molar-refractivity contribution in [3.05, 3.63) is 53.6 Å². The second-order valence-electron chi connectivity index (χ2n) is 6.11. The number of methoxy groups -OCH3 is 1. The van der Waals surface area contributed by atoms with Crippen LogP contribution in [0.4, 0.5) is 5.69 Å². The number of nitrogens with zero attached hydrogens (tertiary/aromatic N) is 1. The molecule has 28 heavy (non-hydrogen) atoms. The number of anilines is 1. The van der Waals surface area contributed by atoms with E-state index in [1.807, 2.05) is 12.1 Å². The molecule has 1 heterocycles. The van der Waals surface area contributed by atoms with E-state index in [0.29, 0.717) is 22.8 Å². The lowest BCUT2D eigenvalue weighted by atomic mass is 10.1. The summed E-state index contributed by atoms with van der Waals surface area (Å²) in [5.41, 5.74) is 2.95. The number of aromatic carboxylic acids is 1. The standard InChI is InChI=1S/C19H18N2O6S/c1-27-13-5-2-11(3-6-13)8-16-18(23)21(10-17(22)20-26)14-7-4-12(19(24)25)9-15(14)28-16/h2-7,9,16,26H,8,10H2,1H3,(H,20,22)(H,24,25). The predicted octanol–water partition coefficient (Wildman–Crippen LogP) is 1.95. The molecule has 1 atom stereocenters. The molecule has 0 saturated carbocycles. The SMILES string of the molecule is COc1ccc(CC2Sc3cc(C(=O)O)ccc3N(CC(=O)NO)C2=O)cc1. The van der Waals surface area contributed by atoms with Gasteiger partial charge in [0.25, 0.3) is 5.91 Å². The van der Waals surface area contributed by atoms with Crippen molar-refractivity contribution in [2.75, 3.05) is 18.6 Å². The van der Waals surface area contributed by atoms with Gasteiger partial charge in [-0.2, -0.15) is 0 Å². The number of carbonyl (C=O) groups excluding carboxylic acids is 2. The maximum Gasteiger partial charge on any atom is 0.335 e. The third-order valence-corrected chi connectivity index (χ3v) is 5.55. The molecule has 0 spiro atoms. The summed E-state index contributed by atoms with van der Waals surface area (Å²) in [5.74, 6) is -1.41. The van der Waals surface area contributed by atoms with Gasteiger partial charge < -0.3 is 14.7 Å². The summed E-state index contributed by atoms with van der Waals surface area (Å²) in [4.78, 5) is 37.8. The number of benzene rings is 2. The molecule has 2 aromatic rings. The third kappa shape index (κ3) is 4.10. The molecule has 8 nitrogen and oxygen atoms in total. The van der Waals surface area contributed by atoms with E-state index in [1.54, 1.807) is 19.2 Å². The highest BCUT2D eigenvalue weighted by Gasteiger charge is 2.35. The van der Waals surface area contributed by atoms with Crippen molar-refractivity contribution >= 4 is 35.2 Å². The van der Waals surface area contributed by atoms with Crippen LogP contribution in [0.1, 0.15) is 15.9 Å². The fourth-order valence-electron chi connectivity index (χ4n) is 2.91. The maximum absolute atomic E-state index is 13.0. The minimum absolute atomic E-state index is 0.0929. The van der Waals surface area contributed by atoms with Gasteiger partial charge >= 0.3 is 5.97 Å². The second-order valence-corrected chi connectivity index (χ2v) is 7.35. The fraction of sp³-hybridized carbons (Fsp3) is 0.211. The van der Waals surface area contributed by atoms with Gasteiger partial charge in [-0.1, -0.05) is 12.1 Å². The van der Waals surface area contributed by atoms with Gasteiger partial charge in [-0.15, -0.1) is 11.8 Å². The third-order valence-electron chi connectivity index (χ3n) is 4.31. The smallest absolute Gasteiger partial charge is 0.335 e. The Morgan fingerprint density at radius 3 is 2.54 bits per heavy atom. The van der Waals surface area contributed by atoms with Crippen molar-refractivity contribution in [2.24, 2.45) is 0 Å². The van der Waals surface area contributed by atoms with Crippen LogP contribution in [0.5, 0.6) is 5.75 Å². The van der Waals surface area contributed by atoms with Crippen LogP contribution in [0, 0.1) is 0 Å². The van der Waals surface area contributed by atoms with Crippen molar-refractivity contribution < 1.29 is 29.4 Å². The van der Waals surface area contributed by atoms with Gasteiger partial charge in [0.2, 0.25) is 5.91 Å². The first-order valence-corrected chi connectivity index (χ1v) is 9.22. The molecule has 0 aliphatic carbocycles. The largest absolute Gasteiger partial charge is 0.497 e. The number of carboxylic acid groups (broad SMARTS) is 1. The van der Waals surface area contributed by atoms with E-state index in [0.717, 1.165) is 5.56 Å². The van der Waals surface area contributed by atoms with E-state index in [4.69, 9.17) is 9.94 Å². The van der Waals surface area contributed by atoms with Crippen LogP contribution >= 0.6 is 11.8 Å². The molecule has 1 aliphatic heterocycles. The van der Waals surface area contributed by atoms with E-state index in [-0.39, 0.29) is 18.0 Å². The number of ether oxygens (including phenoxy) is 1. The molecule has 2 amide bonds. The first-order chi connectivity index (χ1) is 13.4. The molecular formula is C19H18N2O6S. The molecule has 1 unspecified atom stereocenters. The van der Waals surface area contributed by atoms with Gasteiger partial charge in [-0.05, 0) is 42.3 Å². The molecule has 146 valence electrons. The van der Waals surface area contributed by atoms with Gasteiger partial charge in [-0.25, -0.2) is 10.3 Å². The number of amides is 2. The number of hydrogen-bond acceptors (Lipinski definition) is 6. The summed E-state index contributed by atoms with van der Waals surface area (Å²) >= 11 is 1.26. The fourth-order valence-corrected chi connectivity index (χ4v) is 4.21. The van der Waals surface area contributed by atoms with Crippen LogP contribution in [-0.4, -0.2) is 47.0 Å². The summed E-state index contributed by atoms with van der Waals surface area (Å²) in [6.45, 7) is -0.367. The van der Waals surface area contributed by atoms with E-state index in [1.165, 1.54) is 40.3 Å². The van der Waals surface area contributed by atoms with Crippen LogP contribution in [0.2, 0.25) is 0 Å². The molecule has 0 fully saturated rings. The molecule has 0 bridgehead atoms. The summed E-state index contributed by atoms with van der Waals surface area (Å²) in [7, 11) is 1.57. The van der Waals surface area contributed by atoms with Crippen molar-refractivity contribution in [3.8, 4) is 5.75 Å². The Morgan fingerprint density at radius 1 is 1.21 bits per heavy atom. The predicted molar refractivity (Wildman–Crippen MR) is 102 cm³/mol. The van der Waals surface area contributed by atoms with Gasteiger partial charge in [0.15, 0.2) is 0 Å². The highest BCUT2D eigenvalue weighted by atomic mass is 32.2.